The third kappa shape index (κ3) is 4.98. The molecule has 6 heteroatoms. The number of hydrogen-bond acceptors (Lipinski definition) is 1. The molecule has 2 aromatic rings. The number of quaternary nitrogens is 1. The fraction of sp³-hybridized carbons (Fsp3) is 0.294. The summed E-state index contributed by atoms with van der Waals surface area (Å²) in [4.78, 5) is -3.41. The summed E-state index contributed by atoms with van der Waals surface area (Å²) in [5.41, 5.74) is -0.0941. The van der Waals surface area contributed by atoms with Crippen molar-refractivity contribution < 1.29 is 31.6 Å². The Balaban J connectivity index is 0.00000264. The average molecular weight is 407 g/mol. The zero-order valence-electron chi connectivity index (χ0n) is 12.6. The highest BCUT2D eigenvalue weighted by atomic mass is 79.9. The van der Waals surface area contributed by atoms with Crippen molar-refractivity contribution in [1.29, 1.82) is 0 Å². The number of hydrogen-bond donors (Lipinski definition) is 2. The molecule has 0 aliphatic rings. The Kier molecular flexibility index (Phi) is 7.14. The van der Waals surface area contributed by atoms with E-state index in [0.29, 0.717) is 6.54 Å². The summed E-state index contributed by atoms with van der Waals surface area (Å²) in [6.07, 6.45) is 0. The normalized spacial score (nSPS) is 14.0. The smallest absolute Gasteiger partial charge is 0.339 e. The van der Waals surface area contributed by atoms with Crippen LogP contribution in [0, 0.1) is 6.92 Å². The molecule has 0 radical (unpaired) electrons. The summed E-state index contributed by atoms with van der Waals surface area (Å²) in [5, 5.41) is 12.2. The quantitative estimate of drug-likeness (QED) is 0.648. The van der Waals surface area contributed by atoms with Crippen molar-refractivity contribution in [1.82, 2.24) is 0 Å². The van der Waals surface area contributed by atoms with E-state index in [4.69, 9.17) is 0 Å². The molecule has 0 saturated heterocycles. The number of aliphatic hydroxyl groups is 1. The van der Waals surface area contributed by atoms with E-state index in [0.717, 1.165) is 11.1 Å². The fourth-order valence-electron chi connectivity index (χ4n) is 2.29. The van der Waals surface area contributed by atoms with E-state index >= 15 is 0 Å². The van der Waals surface area contributed by atoms with Gasteiger partial charge in [-0.1, -0.05) is 60.2 Å². The lowest BCUT2D eigenvalue weighted by molar-refractivity contribution is -0.686. The van der Waals surface area contributed by atoms with E-state index in [9.17, 15) is 13.9 Å². The number of benzene rings is 2. The summed E-state index contributed by atoms with van der Waals surface area (Å²) in [7, 11) is 0. The van der Waals surface area contributed by atoms with Crippen LogP contribution in [0.15, 0.2) is 54.6 Å². The third-order valence-corrected chi connectivity index (χ3v) is 4.32. The fourth-order valence-corrected chi connectivity index (χ4v) is 2.68. The molecule has 0 saturated carbocycles. The minimum absolute atomic E-state index is 0. The highest BCUT2D eigenvalue weighted by molar-refractivity contribution is 9.10. The minimum Gasteiger partial charge on any atom is -1.00 e. The predicted molar refractivity (Wildman–Crippen MR) is 85.9 cm³/mol. The zero-order chi connectivity index (χ0) is 16.2. The lowest BCUT2D eigenvalue weighted by atomic mass is 9.93. The molecule has 23 heavy (non-hydrogen) atoms. The van der Waals surface area contributed by atoms with Gasteiger partial charge >= 0.3 is 4.83 Å². The molecule has 2 rings (SSSR count). The molecule has 0 heterocycles. The van der Waals surface area contributed by atoms with Gasteiger partial charge in [0.1, 0.15) is 13.1 Å². The van der Waals surface area contributed by atoms with Gasteiger partial charge in [0, 0.05) is 5.56 Å². The molecule has 0 fully saturated rings. The molecule has 126 valence electrons. The second-order valence-electron chi connectivity index (χ2n) is 5.41. The van der Waals surface area contributed by atoms with Crippen LogP contribution in [0.1, 0.15) is 16.7 Å². The third-order valence-electron chi connectivity index (χ3n) is 3.66. The first-order valence-electron chi connectivity index (χ1n) is 7.05. The van der Waals surface area contributed by atoms with Crippen LogP contribution in [0.2, 0.25) is 0 Å². The molecule has 2 aromatic carbocycles. The Hall–Kier alpha value is -1.01. The van der Waals surface area contributed by atoms with Crippen molar-refractivity contribution >= 4 is 15.9 Å². The molecule has 0 spiro atoms. The number of halogens is 4. The summed E-state index contributed by atoms with van der Waals surface area (Å²) in [6.45, 7) is 2.25. The molecular weight excluding hydrogens is 388 g/mol. The van der Waals surface area contributed by atoms with E-state index in [1.54, 1.807) is 29.6 Å². The zero-order valence-corrected chi connectivity index (χ0v) is 15.0. The van der Waals surface area contributed by atoms with Gasteiger partial charge < -0.3 is 22.8 Å². The molecule has 0 bridgehead atoms. The Labute approximate surface area is 149 Å². The predicted octanol–water partition coefficient (Wildman–Crippen LogP) is -0.0621. The average Bonchev–Trinajstić information content (AvgIpc) is 2.47. The molecule has 3 N–H and O–H groups in total. The molecule has 0 aliphatic heterocycles. The molecule has 0 unspecified atom stereocenters. The van der Waals surface area contributed by atoms with Crippen LogP contribution >= 0.6 is 15.9 Å². The van der Waals surface area contributed by atoms with Crippen LogP contribution < -0.4 is 17.7 Å². The summed E-state index contributed by atoms with van der Waals surface area (Å²) in [6, 6.07) is 16.1. The van der Waals surface area contributed by atoms with E-state index in [1.807, 2.05) is 37.3 Å². The summed E-state index contributed by atoms with van der Waals surface area (Å²) >= 11 is 2.34. The Morgan fingerprint density at radius 1 is 1.04 bits per heavy atom. The lowest BCUT2D eigenvalue weighted by Gasteiger charge is -2.31. The van der Waals surface area contributed by atoms with Gasteiger partial charge in [0.05, 0.1) is 0 Å². The number of nitrogens with two attached hydrogens (primary N) is 1. The van der Waals surface area contributed by atoms with Gasteiger partial charge in [-0.05, 0) is 28.4 Å². The van der Waals surface area contributed by atoms with E-state index in [2.05, 4.69) is 15.9 Å². The van der Waals surface area contributed by atoms with Crippen LogP contribution in [0.5, 0.6) is 0 Å². The maximum atomic E-state index is 13.9. The van der Waals surface area contributed by atoms with Gasteiger partial charge in [0.2, 0.25) is 5.60 Å². The topological polar surface area (TPSA) is 36.8 Å². The van der Waals surface area contributed by atoms with Gasteiger partial charge in [0.15, 0.2) is 0 Å². The second-order valence-corrected chi connectivity index (χ2v) is 6.40. The van der Waals surface area contributed by atoms with Crippen molar-refractivity contribution in [2.75, 3.05) is 6.54 Å². The van der Waals surface area contributed by atoms with Gasteiger partial charge in [-0.2, -0.15) is 8.78 Å². The molecule has 0 aromatic heterocycles. The molecule has 0 aliphatic carbocycles. The van der Waals surface area contributed by atoms with Crippen LogP contribution in [0.4, 0.5) is 8.78 Å². The van der Waals surface area contributed by atoms with Gasteiger partial charge in [-0.15, -0.1) is 0 Å². The Bertz CT molecular complexity index is 604. The van der Waals surface area contributed by atoms with Crippen molar-refractivity contribution in [3.63, 3.8) is 0 Å². The van der Waals surface area contributed by atoms with Crippen molar-refractivity contribution in [2.45, 2.75) is 23.9 Å². The first kappa shape index (κ1) is 20.0. The maximum absolute atomic E-state index is 13.9. The van der Waals surface area contributed by atoms with E-state index in [1.165, 1.54) is 0 Å². The molecule has 1 atom stereocenters. The van der Waals surface area contributed by atoms with E-state index in [-0.39, 0.29) is 24.5 Å². The monoisotopic (exact) mass is 405 g/mol. The largest absolute Gasteiger partial charge is 1.00 e. The molecule has 2 nitrogen and oxygen atoms in total. The number of rotatable bonds is 6. The van der Waals surface area contributed by atoms with Crippen molar-refractivity contribution in [2.24, 2.45) is 0 Å². The molecular formula is C17H19BrClF2NO. The van der Waals surface area contributed by atoms with Crippen molar-refractivity contribution in [3.05, 3.63) is 71.3 Å². The van der Waals surface area contributed by atoms with Crippen LogP contribution in [0.25, 0.3) is 0 Å². The highest BCUT2D eigenvalue weighted by Crippen LogP contribution is 2.41. The highest BCUT2D eigenvalue weighted by Gasteiger charge is 2.53. The van der Waals surface area contributed by atoms with Crippen LogP contribution in [-0.2, 0) is 12.1 Å². The SMILES string of the molecule is Cc1ccc([C@@](O)(C[NH2+]Cc2ccccc2)C(F)(F)Br)cc1.[Cl-]. The van der Waals surface area contributed by atoms with Gasteiger partial charge in [-0.3, -0.25) is 0 Å². The van der Waals surface area contributed by atoms with Crippen molar-refractivity contribution in [3.8, 4) is 0 Å². The van der Waals surface area contributed by atoms with Crippen LogP contribution in [-0.4, -0.2) is 16.5 Å². The standard InChI is InChI=1S/C17H18BrF2NO.ClH/c1-13-7-9-15(10-8-13)16(22,17(18,19)20)12-21-11-14-5-3-2-4-6-14;/h2-10,21-22H,11-12H2,1H3;1H/t16-;/m0./s1. The minimum atomic E-state index is -3.41. The maximum Gasteiger partial charge on any atom is 0.339 e. The van der Waals surface area contributed by atoms with Crippen LogP contribution in [0.3, 0.4) is 0 Å². The van der Waals surface area contributed by atoms with Gasteiger partial charge in [0.25, 0.3) is 0 Å². The van der Waals surface area contributed by atoms with E-state index < -0.39 is 10.4 Å². The summed E-state index contributed by atoms with van der Waals surface area (Å²) in [5.74, 6) is 0. The second kappa shape index (κ2) is 8.20. The number of aryl methyl sites for hydroxylation is 1. The first-order chi connectivity index (χ1) is 10.3. The summed E-state index contributed by atoms with van der Waals surface area (Å²) < 4.78 is 27.9. The lowest BCUT2D eigenvalue weighted by Crippen LogP contribution is -3.00. The Morgan fingerprint density at radius 3 is 2.13 bits per heavy atom. The van der Waals surface area contributed by atoms with Gasteiger partial charge in [-0.25, -0.2) is 0 Å². The Morgan fingerprint density at radius 2 is 1.61 bits per heavy atom. The molecule has 0 amide bonds. The first-order valence-corrected chi connectivity index (χ1v) is 7.84. The number of alkyl halides is 3.